The smallest absolute Gasteiger partial charge is 0.274 e. The summed E-state index contributed by atoms with van der Waals surface area (Å²) in [6, 6.07) is 4.88. The highest BCUT2D eigenvalue weighted by Crippen LogP contribution is 2.36. The first kappa shape index (κ1) is 21.0. The van der Waals surface area contributed by atoms with Gasteiger partial charge in [-0.2, -0.15) is 5.10 Å². The van der Waals surface area contributed by atoms with E-state index in [0.29, 0.717) is 36.8 Å². The number of hydrogen-bond acceptors (Lipinski definition) is 6. The molecule has 0 saturated carbocycles. The number of carbonyl (C=O) groups excluding carboxylic acids is 3. The zero-order chi connectivity index (χ0) is 22.3. The van der Waals surface area contributed by atoms with E-state index >= 15 is 0 Å². The molecule has 4 heterocycles. The van der Waals surface area contributed by atoms with E-state index in [1.54, 1.807) is 41.0 Å². The van der Waals surface area contributed by atoms with Crippen molar-refractivity contribution in [1.82, 2.24) is 14.8 Å². The van der Waals surface area contributed by atoms with Gasteiger partial charge in [0.25, 0.3) is 5.91 Å². The number of hydrogen-bond donors (Lipinski definition) is 2. The molecule has 1 atom stereocenters. The predicted molar refractivity (Wildman–Crippen MR) is 114 cm³/mol. The molecule has 0 radical (unpaired) electrons. The summed E-state index contributed by atoms with van der Waals surface area (Å²) in [5, 5.41) is 16.5. The molecule has 0 aliphatic carbocycles. The number of nitrogens with zero attached hydrogens (tertiary/aromatic N) is 5. The molecule has 2 saturated heterocycles. The van der Waals surface area contributed by atoms with Gasteiger partial charge in [-0.1, -0.05) is 19.9 Å². The maximum atomic E-state index is 12.9. The number of rotatable bonds is 5. The Hall–Kier alpha value is -3.27. The van der Waals surface area contributed by atoms with Crippen molar-refractivity contribution in [3.63, 3.8) is 0 Å². The van der Waals surface area contributed by atoms with Crippen LogP contribution in [0, 0.1) is 11.3 Å². The minimum absolute atomic E-state index is 0.0344. The number of aliphatic hydroxyl groups is 1. The van der Waals surface area contributed by atoms with Gasteiger partial charge in [-0.15, -0.1) is 0 Å². The third-order valence-electron chi connectivity index (χ3n) is 5.80. The molecule has 1 unspecified atom stereocenters. The third kappa shape index (κ3) is 3.90. The van der Waals surface area contributed by atoms with Crippen LogP contribution < -0.4 is 15.1 Å². The molecule has 2 N–H and O–H groups in total. The van der Waals surface area contributed by atoms with Gasteiger partial charge in [0.2, 0.25) is 11.8 Å². The van der Waals surface area contributed by atoms with Crippen LogP contribution in [0.1, 0.15) is 37.2 Å². The van der Waals surface area contributed by atoms with Crippen LogP contribution in [-0.2, 0) is 16.6 Å². The maximum Gasteiger partial charge on any atom is 0.274 e. The van der Waals surface area contributed by atoms with E-state index in [1.807, 2.05) is 13.8 Å². The molecule has 31 heavy (non-hydrogen) atoms. The second-order valence-electron chi connectivity index (χ2n) is 8.72. The van der Waals surface area contributed by atoms with Crippen molar-refractivity contribution in [2.75, 3.05) is 34.8 Å². The topological polar surface area (TPSA) is 121 Å². The largest absolute Gasteiger partial charge is 0.396 e. The number of pyridine rings is 1. The van der Waals surface area contributed by atoms with E-state index < -0.39 is 11.3 Å². The molecule has 10 heteroatoms. The van der Waals surface area contributed by atoms with Gasteiger partial charge in [-0.3, -0.25) is 28.9 Å². The molecule has 2 aromatic rings. The maximum absolute atomic E-state index is 12.9. The lowest BCUT2D eigenvalue weighted by molar-refractivity contribution is -0.124. The summed E-state index contributed by atoms with van der Waals surface area (Å²) in [4.78, 5) is 45.3. The Bertz CT molecular complexity index is 1050. The fourth-order valence-electron chi connectivity index (χ4n) is 3.94. The minimum atomic E-state index is -0.469. The van der Waals surface area contributed by atoms with Crippen molar-refractivity contribution in [3.05, 3.63) is 30.1 Å². The fourth-order valence-corrected chi connectivity index (χ4v) is 3.94. The zero-order valence-electron chi connectivity index (χ0n) is 17.8. The zero-order valence-corrected chi connectivity index (χ0v) is 17.8. The summed E-state index contributed by atoms with van der Waals surface area (Å²) in [7, 11) is 1.72. The third-order valence-corrected chi connectivity index (χ3v) is 5.80. The van der Waals surface area contributed by atoms with Crippen LogP contribution in [0.25, 0.3) is 0 Å². The Labute approximate surface area is 179 Å². The number of aromatic nitrogens is 3. The molecule has 0 bridgehead atoms. The molecule has 0 spiro atoms. The Balaban J connectivity index is 1.55. The van der Waals surface area contributed by atoms with E-state index in [1.165, 1.54) is 4.90 Å². The average molecular weight is 426 g/mol. The summed E-state index contributed by atoms with van der Waals surface area (Å²) >= 11 is 0. The summed E-state index contributed by atoms with van der Waals surface area (Å²) in [5.74, 6) is 0.0144. The van der Waals surface area contributed by atoms with E-state index in [0.717, 1.165) is 0 Å². The average Bonchev–Trinajstić information content (AvgIpc) is 3.37. The monoisotopic (exact) mass is 426 g/mol. The van der Waals surface area contributed by atoms with Crippen molar-refractivity contribution in [1.29, 1.82) is 0 Å². The summed E-state index contributed by atoms with van der Waals surface area (Å²) in [6.07, 6.45) is 2.61. The fraction of sp³-hybridized carbons (Fsp3) is 0.476. The van der Waals surface area contributed by atoms with Crippen molar-refractivity contribution >= 4 is 35.0 Å². The quantitative estimate of drug-likeness (QED) is 0.741. The second-order valence-corrected chi connectivity index (χ2v) is 8.72. The molecule has 2 aromatic heterocycles. The van der Waals surface area contributed by atoms with E-state index in [2.05, 4.69) is 15.4 Å². The summed E-state index contributed by atoms with van der Waals surface area (Å²) in [5.41, 5.74) is 0.0904. The SMILES string of the molecule is Cn1cc(NC(=O)c2cccc(N3CC(CO)CC3=O)n2)c(N2CCC(C)(C)C2=O)n1. The number of amides is 3. The van der Waals surface area contributed by atoms with E-state index in [-0.39, 0.29) is 36.5 Å². The van der Waals surface area contributed by atoms with Gasteiger partial charge in [0.15, 0.2) is 5.82 Å². The Kier molecular flexibility index (Phi) is 5.26. The molecular formula is C21H26N6O4. The van der Waals surface area contributed by atoms with Crippen molar-refractivity contribution in [2.45, 2.75) is 26.7 Å². The molecule has 4 rings (SSSR count). The van der Waals surface area contributed by atoms with Gasteiger partial charge in [-0.25, -0.2) is 4.98 Å². The first-order valence-electron chi connectivity index (χ1n) is 10.2. The van der Waals surface area contributed by atoms with Gasteiger partial charge in [0.1, 0.15) is 17.2 Å². The Morgan fingerprint density at radius 3 is 2.71 bits per heavy atom. The highest BCUT2D eigenvalue weighted by molar-refractivity contribution is 6.07. The molecule has 3 amide bonds. The number of aliphatic hydroxyl groups excluding tert-OH is 1. The highest BCUT2D eigenvalue weighted by Gasteiger charge is 2.41. The molecule has 10 nitrogen and oxygen atoms in total. The van der Waals surface area contributed by atoms with Crippen molar-refractivity contribution < 1.29 is 19.5 Å². The lowest BCUT2D eigenvalue weighted by Crippen LogP contribution is -2.32. The van der Waals surface area contributed by atoms with Gasteiger partial charge < -0.3 is 10.4 Å². The summed E-state index contributed by atoms with van der Waals surface area (Å²) < 4.78 is 1.55. The number of carbonyl (C=O) groups is 3. The summed E-state index contributed by atoms with van der Waals surface area (Å²) in [6.45, 7) is 4.62. The molecule has 0 aromatic carbocycles. The molecule has 164 valence electrons. The first-order chi connectivity index (χ1) is 14.7. The lowest BCUT2D eigenvalue weighted by atomic mass is 9.92. The predicted octanol–water partition coefficient (Wildman–Crippen LogP) is 1.18. The van der Waals surface area contributed by atoms with Gasteiger partial charge in [-0.05, 0) is 18.6 Å². The Morgan fingerprint density at radius 1 is 1.29 bits per heavy atom. The number of anilines is 3. The van der Waals surface area contributed by atoms with Gasteiger partial charge in [0, 0.05) is 44.5 Å². The van der Waals surface area contributed by atoms with Crippen LogP contribution in [0.4, 0.5) is 17.3 Å². The lowest BCUT2D eigenvalue weighted by Gasteiger charge is -2.19. The van der Waals surface area contributed by atoms with Crippen molar-refractivity contribution in [2.24, 2.45) is 18.4 Å². The number of aryl methyl sites for hydroxylation is 1. The minimum Gasteiger partial charge on any atom is -0.396 e. The van der Waals surface area contributed by atoms with Crippen LogP contribution in [0.2, 0.25) is 0 Å². The first-order valence-corrected chi connectivity index (χ1v) is 10.2. The van der Waals surface area contributed by atoms with Crippen molar-refractivity contribution in [3.8, 4) is 0 Å². The van der Waals surface area contributed by atoms with Crippen LogP contribution in [0.15, 0.2) is 24.4 Å². The number of nitrogens with one attached hydrogen (secondary N) is 1. The molecular weight excluding hydrogens is 400 g/mol. The standard InChI is InChI=1S/C21H26N6O4/c1-21(2)7-8-26(20(21)31)18-15(11-25(3)24-18)23-19(30)14-5-4-6-16(22-14)27-10-13(12-28)9-17(27)29/h4-6,11,13,28H,7-10,12H2,1-3H3,(H,23,30). The van der Waals surface area contributed by atoms with E-state index in [4.69, 9.17) is 0 Å². The molecule has 2 aliphatic rings. The van der Waals surface area contributed by atoms with Crippen LogP contribution in [-0.4, -0.2) is 57.3 Å². The van der Waals surface area contributed by atoms with Crippen LogP contribution >= 0.6 is 0 Å². The van der Waals surface area contributed by atoms with Gasteiger partial charge in [0.05, 0.1) is 6.20 Å². The van der Waals surface area contributed by atoms with E-state index in [9.17, 15) is 19.5 Å². The normalized spacial score (nSPS) is 20.6. The van der Waals surface area contributed by atoms with Crippen LogP contribution in [0.3, 0.4) is 0 Å². The second kappa shape index (κ2) is 7.77. The van der Waals surface area contributed by atoms with Gasteiger partial charge >= 0.3 is 0 Å². The highest BCUT2D eigenvalue weighted by atomic mass is 16.3. The van der Waals surface area contributed by atoms with Crippen LogP contribution in [0.5, 0.6) is 0 Å². The molecule has 2 aliphatic heterocycles. The Morgan fingerprint density at radius 2 is 2.06 bits per heavy atom. The molecule has 2 fully saturated rings.